The normalized spacial score (nSPS) is 11.5. The van der Waals surface area contributed by atoms with Gasteiger partial charge in [-0.05, 0) is 48.5 Å². The van der Waals surface area contributed by atoms with E-state index in [4.69, 9.17) is 4.74 Å². The molecular weight excluding hydrogens is 403 g/mol. The summed E-state index contributed by atoms with van der Waals surface area (Å²) >= 11 is 0. The van der Waals surface area contributed by atoms with Gasteiger partial charge in [-0.25, -0.2) is 4.79 Å². The number of hydrogen-bond donors (Lipinski definition) is 1. The van der Waals surface area contributed by atoms with Crippen molar-refractivity contribution in [1.29, 1.82) is 0 Å². The van der Waals surface area contributed by atoms with Gasteiger partial charge in [-0.15, -0.1) is 13.2 Å². The van der Waals surface area contributed by atoms with Gasteiger partial charge in [-0.3, -0.25) is 9.59 Å². The quantitative estimate of drug-likeness (QED) is 0.542. The van der Waals surface area contributed by atoms with Gasteiger partial charge in [0.15, 0.2) is 12.4 Å². The van der Waals surface area contributed by atoms with Gasteiger partial charge in [0.1, 0.15) is 5.75 Å². The number of alkyl halides is 3. The average molecular weight is 423 g/mol. The molecule has 30 heavy (non-hydrogen) atoms. The first-order valence-electron chi connectivity index (χ1n) is 8.83. The van der Waals surface area contributed by atoms with E-state index in [2.05, 4.69) is 10.1 Å². The number of benzene rings is 2. The Balaban J connectivity index is 1.90. The van der Waals surface area contributed by atoms with Gasteiger partial charge >= 0.3 is 12.3 Å². The first-order valence-corrected chi connectivity index (χ1v) is 8.83. The summed E-state index contributed by atoms with van der Waals surface area (Å²) in [5.74, 6) is -2.00. The molecule has 2 aromatic rings. The lowest BCUT2D eigenvalue weighted by atomic mass is 9.95. The molecule has 1 amide bonds. The van der Waals surface area contributed by atoms with Crippen molar-refractivity contribution in [3.63, 3.8) is 0 Å². The van der Waals surface area contributed by atoms with Crippen molar-refractivity contribution in [2.24, 2.45) is 5.41 Å². The summed E-state index contributed by atoms with van der Waals surface area (Å²) in [5.41, 5.74) is 0.187. The minimum Gasteiger partial charge on any atom is -0.454 e. The van der Waals surface area contributed by atoms with Crippen LogP contribution in [0.15, 0.2) is 48.5 Å². The molecule has 0 aliphatic rings. The summed E-state index contributed by atoms with van der Waals surface area (Å²) in [6.45, 7) is 4.76. The maximum absolute atomic E-state index is 12.2. The van der Waals surface area contributed by atoms with Crippen LogP contribution in [0.2, 0.25) is 0 Å². The van der Waals surface area contributed by atoms with E-state index in [0.29, 0.717) is 5.69 Å². The zero-order valence-electron chi connectivity index (χ0n) is 16.5. The predicted molar refractivity (Wildman–Crippen MR) is 102 cm³/mol. The van der Waals surface area contributed by atoms with Crippen LogP contribution in [0.25, 0.3) is 0 Å². The Morgan fingerprint density at radius 2 is 1.40 bits per heavy atom. The molecule has 0 saturated heterocycles. The first-order chi connectivity index (χ1) is 13.8. The Hall–Kier alpha value is -3.36. The fourth-order valence-electron chi connectivity index (χ4n) is 2.15. The van der Waals surface area contributed by atoms with Crippen LogP contribution in [0.1, 0.15) is 41.5 Å². The van der Waals surface area contributed by atoms with E-state index in [1.165, 1.54) is 12.1 Å². The number of esters is 1. The van der Waals surface area contributed by atoms with Crippen molar-refractivity contribution in [3.05, 3.63) is 59.7 Å². The third-order valence-electron chi connectivity index (χ3n) is 3.80. The van der Waals surface area contributed by atoms with Crippen LogP contribution in [0, 0.1) is 5.41 Å². The second-order valence-corrected chi connectivity index (χ2v) is 7.35. The summed E-state index contributed by atoms with van der Waals surface area (Å²) in [6.07, 6.45) is -4.83. The number of anilines is 1. The lowest BCUT2D eigenvalue weighted by Gasteiger charge is -2.17. The first kappa shape index (κ1) is 22.9. The highest BCUT2D eigenvalue weighted by atomic mass is 19.4. The highest BCUT2D eigenvalue weighted by molar-refractivity contribution is 6.00. The van der Waals surface area contributed by atoms with Crippen molar-refractivity contribution in [1.82, 2.24) is 0 Å². The highest BCUT2D eigenvalue weighted by Gasteiger charge is 2.31. The Morgan fingerprint density at radius 3 is 1.90 bits per heavy atom. The smallest absolute Gasteiger partial charge is 0.454 e. The molecule has 6 nitrogen and oxygen atoms in total. The molecule has 0 unspecified atom stereocenters. The highest BCUT2D eigenvalue weighted by Crippen LogP contribution is 2.23. The summed E-state index contributed by atoms with van der Waals surface area (Å²) in [4.78, 5) is 36.1. The maximum atomic E-state index is 12.2. The SMILES string of the molecule is CC(C)(C)C(=O)Nc1ccc(C(=O)COC(=O)c2ccc(OC(F)(F)F)cc2)cc1. The third-order valence-corrected chi connectivity index (χ3v) is 3.80. The zero-order valence-corrected chi connectivity index (χ0v) is 16.5. The number of carbonyl (C=O) groups is 3. The standard InChI is InChI=1S/C21H20F3NO5/c1-20(2,3)19(28)25-15-8-4-13(5-9-15)17(26)12-29-18(27)14-6-10-16(11-7-14)30-21(22,23)24/h4-11H,12H2,1-3H3,(H,25,28). The minimum atomic E-state index is -4.83. The van der Waals surface area contributed by atoms with E-state index in [9.17, 15) is 27.6 Å². The van der Waals surface area contributed by atoms with Crippen LogP contribution in [-0.4, -0.2) is 30.6 Å². The lowest BCUT2D eigenvalue weighted by Crippen LogP contribution is -2.27. The minimum absolute atomic E-state index is 0.0300. The topological polar surface area (TPSA) is 81.7 Å². The van der Waals surface area contributed by atoms with Gasteiger partial charge in [0.25, 0.3) is 0 Å². The van der Waals surface area contributed by atoms with Gasteiger partial charge in [0.05, 0.1) is 5.56 Å². The van der Waals surface area contributed by atoms with Crippen LogP contribution in [0.5, 0.6) is 5.75 Å². The number of nitrogens with one attached hydrogen (secondary N) is 1. The van der Waals surface area contributed by atoms with Crippen LogP contribution in [0.3, 0.4) is 0 Å². The van der Waals surface area contributed by atoms with Gasteiger partial charge in [0.2, 0.25) is 5.91 Å². The van der Waals surface area contributed by atoms with Crippen LogP contribution >= 0.6 is 0 Å². The van der Waals surface area contributed by atoms with Gasteiger partial charge in [-0.1, -0.05) is 20.8 Å². The number of hydrogen-bond acceptors (Lipinski definition) is 5. The van der Waals surface area contributed by atoms with Crippen LogP contribution in [0.4, 0.5) is 18.9 Å². The Labute approximate surface area is 171 Å². The molecule has 0 fully saturated rings. The Kier molecular flexibility index (Phi) is 6.86. The van der Waals surface area contributed by atoms with E-state index in [1.807, 2.05) is 0 Å². The number of rotatable bonds is 6. The zero-order chi connectivity index (χ0) is 22.5. The molecule has 0 heterocycles. The van der Waals surface area contributed by atoms with E-state index >= 15 is 0 Å². The molecule has 0 saturated carbocycles. The van der Waals surface area contributed by atoms with E-state index in [1.54, 1.807) is 32.9 Å². The molecule has 0 radical (unpaired) electrons. The molecule has 9 heteroatoms. The summed E-state index contributed by atoms with van der Waals surface area (Å²) in [6, 6.07) is 10.2. The maximum Gasteiger partial charge on any atom is 0.573 e. The summed E-state index contributed by atoms with van der Waals surface area (Å²) in [7, 11) is 0. The summed E-state index contributed by atoms with van der Waals surface area (Å²) < 4.78 is 45.0. The molecule has 0 aliphatic heterocycles. The molecule has 160 valence electrons. The number of ketones is 1. The summed E-state index contributed by atoms with van der Waals surface area (Å²) in [5, 5.41) is 2.72. The van der Waals surface area contributed by atoms with Crippen molar-refractivity contribution in [2.75, 3.05) is 11.9 Å². The largest absolute Gasteiger partial charge is 0.573 e. The predicted octanol–water partition coefficient (Wildman–Crippen LogP) is 4.61. The number of Topliss-reactive ketones (excluding diaryl/α,β-unsaturated/α-hetero) is 1. The van der Waals surface area contributed by atoms with Crippen LogP contribution < -0.4 is 10.1 Å². The van der Waals surface area contributed by atoms with Crippen molar-refractivity contribution < 1.29 is 37.0 Å². The van der Waals surface area contributed by atoms with Crippen molar-refractivity contribution >= 4 is 23.3 Å². The molecular formula is C21H20F3NO5. The van der Waals surface area contributed by atoms with Crippen molar-refractivity contribution in [3.8, 4) is 5.75 Å². The molecule has 0 aromatic heterocycles. The second kappa shape index (κ2) is 8.98. The molecule has 0 aliphatic carbocycles. The number of halogens is 3. The fraction of sp³-hybridized carbons (Fsp3) is 0.286. The second-order valence-electron chi connectivity index (χ2n) is 7.35. The fourth-order valence-corrected chi connectivity index (χ4v) is 2.15. The third kappa shape index (κ3) is 6.91. The number of amides is 1. The Morgan fingerprint density at radius 1 is 0.867 bits per heavy atom. The molecule has 2 aromatic carbocycles. The van der Waals surface area contributed by atoms with E-state index < -0.39 is 35.9 Å². The van der Waals surface area contributed by atoms with Crippen LogP contribution in [-0.2, 0) is 9.53 Å². The molecule has 0 spiro atoms. The van der Waals surface area contributed by atoms with E-state index in [0.717, 1.165) is 24.3 Å². The average Bonchev–Trinajstić information content (AvgIpc) is 2.65. The Bertz CT molecular complexity index is 914. The van der Waals surface area contributed by atoms with E-state index in [-0.39, 0.29) is 17.0 Å². The van der Waals surface area contributed by atoms with Crippen molar-refractivity contribution in [2.45, 2.75) is 27.1 Å². The lowest BCUT2D eigenvalue weighted by molar-refractivity contribution is -0.274. The molecule has 0 atom stereocenters. The monoisotopic (exact) mass is 423 g/mol. The van der Waals surface area contributed by atoms with Gasteiger partial charge in [0, 0.05) is 16.7 Å². The molecule has 1 N–H and O–H groups in total. The van der Waals surface area contributed by atoms with Gasteiger partial charge < -0.3 is 14.8 Å². The number of carbonyl (C=O) groups excluding carboxylic acids is 3. The van der Waals surface area contributed by atoms with Gasteiger partial charge in [-0.2, -0.15) is 0 Å². The molecule has 2 rings (SSSR count). The molecule has 0 bridgehead atoms. The number of ether oxygens (including phenoxy) is 2.